The zero-order valence-corrected chi connectivity index (χ0v) is 12.9. The highest BCUT2D eigenvalue weighted by atomic mass is 16.6. The molecule has 23 heavy (non-hydrogen) atoms. The lowest BCUT2D eigenvalue weighted by Gasteiger charge is -2.25. The predicted molar refractivity (Wildman–Crippen MR) is 94.6 cm³/mol. The number of para-hydroxylation sites is 2. The van der Waals surface area contributed by atoms with E-state index in [2.05, 4.69) is 77.7 Å². The van der Waals surface area contributed by atoms with E-state index < -0.39 is 0 Å². The molecule has 114 valence electrons. The van der Waals surface area contributed by atoms with E-state index in [1.807, 2.05) is 12.1 Å². The van der Waals surface area contributed by atoms with Gasteiger partial charge in [0.1, 0.15) is 0 Å². The molecule has 3 aromatic carbocycles. The van der Waals surface area contributed by atoms with Crippen molar-refractivity contribution in [3.05, 3.63) is 90.5 Å². The lowest BCUT2D eigenvalue weighted by molar-refractivity contribution is 0.407. The zero-order valence-electron chi connectivity index (χ0n) is 12.9. The Morgan fingerprint density at radius 3 is 1.65 bits per heavy atom. The molecule has 4 rings (SSSR count). The van der Waals surface area contributed by atoms with E-state index >= 15 is 0 Å². The van der Waals surface area contributed by atoms with Crippen LogP contribution < -0.4 is 4.90 Å². The second-order valence-corrected chi connectivity index (χ2v) is 5.83. The van der Waals surface area contributed by atoms with Gasteiger partial charge in [-0.2, -0.15) is 0 Å². The minimum Gasteiger partial charge on any atom is -0.373 e. The third kappa shape index (κ3) is 3.27. The summed E-state index contributed by atoms with van der Waals surface area (Å²) in [6.07, 6.45) is 1.44. The molecule has 1 atom stereocenters. The Morgan fingerprint density at radius 2 is 1.17 bits per heavy atom. The normalized spacial score (nSPS) is 16.1. The van der Waals surface area contributed by atoms with Crippen LogP contribution >= 0.6 is 0 Å². The summed E-state index contributed by atoms with van der Waals surface area (Å²) >= 11 is 0. The number of ether oxygens (including phenoxy) is 1. The van der Waals surface area contributed by atoms with Crippen molar-refractivity contribution in [3.63, 3.8) is 0 Å². The molecular formula is C21H19NO. The zero-order chi connectivity index (χ0) is 15.5. The Balaban J connectivity index is 1.70. The van der Waals surface area contributed by atoms with Crippen molar-refractivity contribution in [2.45, 2.75) is 12.5 Å². The van der Waals surface area contributed by atoms with Gasteiger partial charge in [-0.1, -0.05) is 48.5 Å². The van der Waals surface area contributed by atoms with Crippen molar-refractivity contribution < 1.29 is 4.74 Å². The highest BCUT2D eigenvalue weighted by Gasteiger charge is 2.22. The average Bonchev–Trinajstić information content (AvgIpc) is 3.43. The molecule has 2 nitrogen and oxygen atoms in total. The fourth-order valence-corrected chi connectivity index (χ4v) is 2.83. The highest BCUT2D eigenvalue weighted by molar-refractivity contribution is 5.76. The monoisotopic (exact) mass is 301 g/mol. The van der Waals surface area contributed by atoms with Crippen molar-refractivity contribution in [1.82, 2.24) is 0 Å². The molecule has 0 spiro atoms. The van der Waals surface area contributed by atoms with Crippen molar-refractivity contribution in [2.24, 2.45) is 0 Å². The largest absolute Gasteiger partial charge is 0.373 e. The Labute approximate surface area is 137 Å². The number of nitrogens with zero attached hydrogens (tertiary/aromatic N) is 1. The van der Waals surface area contributed by atoms with Crippen LogP contribution in [-0.4, -0.2) is 12.7 Å². The van der Waals surface area contributed by atoms with E-state index in [1.54, 1.807) is 0 Å². The molecule has 0 N–H and O–H groups in total. The van der Waals surface area contributed by atoms with Crippen LogP contribution in [0.15, 0.2) is 84.9 Å². The van der Waals surface area contributed by atoms with E-state index in [9.17, 15) is 0 Å². The smallest absolute Gasteiger partial charge is 0.0850 e. The summed E-state index contributed by atoms with van der Waals surface area (Å²) in [5, 5.41) is 0. The van der Waals surface area contributed by atoms with Gasteiger partial charge in [0.25, 0.3) is 0 Å². The van der Waals surface area contributed by atoms with Crippen LogP contribution in [0.3, 0.4) is 0 Å². The number of benzene rings is 3. The first-order chi connectivity index (χ1) is 11.4. The SMILES string of the molecule is c1ccc(N(c2ccccc2)c2ccc(CC3CO3)cc2)cc1. The molecule has 1 unspecified atom stereocenters. The maximum absolute atomic E-state index is 5.32. The maximum Gasteiger partial charge on any atom is 0.0850 e. The van der Waals surface area contributed by atoms with Crippen molar-refractivity contribution in [1.29, 1.82) is 0 Å². The molecule has 0 bridgehead atoms. The molecule has 3 aromatic rings. The molecule has 1 saturated heterocycles. The van der Waals surface area contributed by atoms with Gasteiger partial charge in [0.05, 0.1) is 12.7 Å². The van der Waals surface area contributed by atoms with E-state index in [-0.39, 0.29) is 0 Å². The fourth-order valence-electron chi connectivity index (χ4n) is 2.83. The summed E-state index contributed by atoms with van der Waals surface area (Å²) in [5.41, 5.74) is 4.83. The summed E-state index contributed by atoms with van der Waals surface area (Å²) in [4.78, 5) is 2.28. The van der Waals surface area contributed by atoms with Gasteiger partial charge in [0, 0.05) is 23.5 Å². The minimum atomic E-state index is 0.431. The molecule has 1 aliphatic heterocycles. The van der Waals surface area contributed by atoms with Crippen LogP contribution in [0.1, 0.15) is 5.56 Å². The van der Waals surface area contributed by atoms with Gasteiger partial charge in [-0.25, -0.2) is 0 Å². The van der Waals surface area contributed by atoms with Crippen LogP contribution in [0.4, 0.5) is 17.1 Å². The molecule has 0 radical (unpaired) electrons. The third-order valence-electron chi connectivity index (χ3n) is 4.09. The van der Waals surface area contributed by atoms with Crippen molar-refractivity contribution in [3.8, 4) is 0 Å². The van der Waals surface area contributed by atoms with Crippen molar-refractivity contribution >= 4 is 17.1 Å². The molecule has 0 aromatic heterocycles. The molecule has 1 fully saturated rings. The molecule has 0 aliphatic carbocycles. The quantitative estimate of drug-likeness (QED) is 0.609. The minimum absolute atomic E-state index is 0.431. The molecule has 0 saturated carbocycles. The third-order valence-corrected chi connectivity index (χ3v) is 4.09. The maximum atomic E-state index is 5.32. The Bertz CT molecular complexity index is 709. The topological polar surface area (TPSA) is 15.8 Å². The molecule has 1 heterocycles. The van der Waals surface area contributed by atoms with Crippen LogP contribution in [0.25, 0.3) is 0 Å². The summed E-state index contributed by atoms with van der Waals surface area (Å²) in [5.74, 6) is 0. The van der Waals surface area contributed by atoms with Gasteiger partial charge in [-0.15, -0.1) is 0 Å². The van der Waals surface area contributed by atoms with Crippen LogP contribution in [0, 0.1) is 0 Å². The molecule has 2 heteroatoms. The summed E-state index contributed by atoms with van der Waals surface area (Å²) in [7, 11) is 0. The number of hydrogen-bond donors (Lipinski definition) is 0. The Kier molecular flexibility index (Phi) is 3.83. The molecule has 1 aliphatic rings. The van der Waals surface area contributed by atoms with Gasteiger partial charge >= 0.3 is 0 Å². The lowest BCUT2D eigenvalue weighted by atomic mass is 10.1. The van der Waals surface area contributed by atoms with Crippen molar-refractivity contribution in [2.75, 3.05) is 11.5 Å². The number of hydrogen-bond acceptors (Lipinski definition) is 2. The number of epoxide rings is 1. The van der Waals surface area contributed by atoms with E-state index in [1.165, 1.54) is 11.3 Å². The first-order valence-electron chi connectivity index (χ1n) is 8.01. The van der Waals surface area contributed by atoms with E-state index in [0.717, 1.165) is 24.4 Å². The van der Waals surface area contributed by atoms with Crippen LogP contribution in [0.2, 0.25) is 0 Å². The highest BCUT2D eigenvalue weighted by Crippen LogP contribution is 2.34. The fraction of sp³-hybridized carbons (Fsp3) is 0.143. The lowest BCUT2D eigenvalue weighted by Crippen LogP contribution is -2.09. The van der Waals surface area contributed by atoms with Crippen LogP contribution in [0.5, 0.6) is 0 Å². The summed E-state index contributed by atoms with van der Waals surface area (Å²) in [6.45, 7) is 0.905. The van der Waals surface area contributed by atoms with Gasteiger partial charge in [-0.3, -0.25) is 0 Å². The summed E-state index contributed by atoms with van der Waals surface area (Å²) < 4.78 is 5.32. The first-order valence-corrected chi connectivity index (χ1v) is 8.01. The van der Waals surface area contributed by atoms with Crippen LogP contribution in [-0.2, 0) is 11.2 Å². The van der Waals surface area contributed by atoms with Gasteiger partial charge in [-0.05, 0) is 42.0 Å². The van der Waals surface area contributed by atoms with Gasteiger partial charge in [0.2, 0.25) is 0 Å². The molecule has 0 amide bonds. The van der Waals surface area contributed by atoms with Gasteiger partial charge in [0.15, 0.2) is 0 Å². The summed E-state index contributed by atoms with van der Waals surface area (Å²) in [6, 6.07) is 29.7. The predicted octanol–water partition coefficient (Wildman–Crippen LogP) is 5.10. The standard InChI is InChI=1S/C21H19NO/c1-3-7-18(8-4-1)22(19-9-5-2-6-10-19)20-13-11-17(12-14-20)15-21-16-23-21/h1-14,21H,15-16H2. The Morgan fingerprint density at radius 1 is 0.696 bits per heavy atom. The number of rotatable bonds is 5. The second kappa shape index (κ2) is 6.27. The van der Waals surface area contributed by atoms with E-state index in [4.69, 9.17) is 4.74 Å². The second-order valence-electron chi connectivity index (χ2n) is 5.83. The van der Waals surface area contributed by atoms with E-state index in [0.29, 0.717) is 6.10 Å². The first kappa shape index (κ1) is 14.0. The number of anilines is 3. The van der Waals surface area contributed by atoms with Gasteiger partial charge < -0.3 is 9.64 Å². The Hall–Kier alpha value is -2.58. The molecular weight excluding hydrogens is 282 g/mol. The average molecular weight is 301 g/mol.